The number of ether oxygens (including phenoxy) is 2. The second-order valence-electron chi connectivity index (χ2n) is 4.29. The van der Waals surface area contributed by atoms with Gasteiger partial charge in [-0.15, -0.1) is 0 Å². The highest BCUT2D eigenvalue weighted by Gasteiger charge is 2.23. The summed E-state index contributed by atoms with van der Waals surface area (Å²) in [4.78, 5) is 0. The third kappa shape index (κ3) is 3.98. The van der Waals surface area contributed by atoms with Gasteiger partial charge in [0.15, 0.2) is 0 Å². The second kappa shape index (κ2) is 6.38. The van der Waals surface area contributed by atoms with Crippen LogP contribution in [0.15, 0.2) is 28.7 Å². The van der Waals surface area contributed by atoms with Gasteiger partial charge < -0.3 is 14.6 Å². The van der Waals surface area contributed by atoms with Crippen LogP contribution in [0, 0.1) is 5.92 Å². The molecule has 0 bridgehead atoms. The Hall–Kier alpha value is -0.580. The van der Waals surface area contributed by atoms with E-state index >= 15 is 0 Å². The monoisotopic (exact) mass is 300 g/mol. The van der Waals surface area contributed by atoms with E-state index < -0.39 is 0 Å². The molecule has 2 rings (SSSR count). The summed E-state index contributed by atoms with van der Waals surface area (Å²) in [5.41, 5.74) is 0. The van der Waals surface area contributed by atoms with Crippen LogP contribution in [0.4, 0.5) is 0 Å². The lowest BCUT2D eigenvalue weighted by molar-refractivity contribution is -0.0417. The summed E-state index contributed by atoms with van der Waals surface area (Å²) >= 11 is 3.40. The number of hydrogen-bond donors (Lipinski definition) is 1. The third-order valence-electron chi connectivity index (χ3n) is 2.99. The lowest BCUT2D eigenvalue weighted by Crippen LogP contribution is -2.32. The molecule has 94 valence electrons. The first-order valence-corrected chi connectivity index (χ1v) is 6.69. The Labute approximate surface area is 110 Å². The van der Waals surface area contributed by atoms with Crippen molar-refractivity contribution in [3.05, 3.63) is 28.7 Å². The lowest BCUT2D eigenvalue weighted by Gasteiger charge is -2.27. The molecule has 1 fully saturated rings. The van der Waals surface area contributed by atoms with Gasteiger partial charge in [0.2, 0.25) is 0 Å². The first kappa shape index (κ1) is 12.9. The standard InChI is InChI=1S/C13H17BrO3/c14-11-2-1-3-12(8-11)17-7-4-10-9-16-6-5-13(10)15/h1-3,8,10,13,15H,4-7,9H2. The number of aliphatic hydroxyl groups excluding tert-OH is 1. The van der Waals surface area contributed by atoms with Gasteiger partial charge in [-0.25, -0.2) is 0 Å². The third-order valence-corrected chi connectivity index (χ3v) is 3.48. The molecule has 0 aliphatic carbocycles. The Morgan fingerprint density at radius 2 is 2.35 bits per heavy atom. The first-order chi connectivity index (χ1) is 8.25. The Kier molecular flexibility index (Phi) is 4.83. The first-order valence-electron chi connectivity index (χ1n) is 5.90. The van der Waals surface area contributed by atoms with Crippen LogP contribution in [0.5, 0.6) is 5.75 Å². The Morgan fingerprint density at radius 3 is 3.12 bits per heavy atom. The van der Waals surface area contributed by atoms with Gasteiger partial charge in [0, 0.05) is 17.0 Å². The van der Waals surface area contributed by atoms with Gasteiger partial charge >= 0.3 is 0 Å². The topological polar surface area (TPSA) is 38.7 Å². The Morgan fingerprint density at radius 1 is 1.47 bits per heavy atom. The van der Waals surface area contributed by atoms with Crippen molar-refractivity contribution in [1.29, 1.82) is 0 Å². The molecule has 0 spiro atoms. The van der Waals surface area contributed by atoms with Crippen LogP contribution in [0.3, 0.4) is 0 Å². The van der Waals surface area contributed by atoms with Crippen LogP contribution in [-0.4, -0.2) is 31.0 Å². The molecule has 17 heavy (non-hydrogen) atoms. The summed E-state index contributed by atoms with van der Waals surface area (Å²) in [6.07, 6.45) is 1.32. The lowest BCUT2D eigenvalue weighted by atomic mass is 9.96. The summed E-state index contributed by atoms with van der Waals surface area (Å²) in [5.74, 6) is 1.06. The van der Waals surface area contributed by atoms with Gasteiger partial charge in [-0.1, -0.05) is 22.0 Å². The van der Waals surface area contributed by atoms with Gasteiger partial charge in [0.1, 0.15) is 5.75 Å². The van der Waals surface area contributed by atoms with Gasteiger partial charge in [0.25, 0.3) is 0 Å². The van der Waals surface area contributed by atoms with E-state index in [1.165, 1.54) is 0 Å². The van der Waals surface area contributed by atoms with E-state index in [1.807, 2.05) is 24.3 Å². The molecule has 2 atom stereocenters. The maximum atomic E-state index is 9.77. The van der Waals surface area contributed by atoms with Crippen molar-refractivity contribution in [3.63, 3.8) is 0 Å². The highest BCUT2D eigenvalue weighted by Crippen LogP contribution is 2.21. The molecule has 1 aliphatic heterocycles. The van der Waals surface area contributed by atoms with Crippen molar-refractivity contribution in [1.82, 2.24) is 0 Å². The van der Waals surface area contributed by atoms with Crippen LogP contribution >= 0.6 is 15.9 Å². The normalized spacial score (nSPS) is 24.6. The molecule has 0 aromatic heterocycles. The summed E-state index contributed by atoms with van der Waals surface area (Å²) in [7, 11) is 0. The molecule has 0 saturated carbocycles. The van der Waals surface area contributed by atoms with Crippen molar-refractivity contribution < 1.29 is 14.6 Å². The quantitative estimate of drug-likeness (QED) is 0.929. The van der Waals surface area contributed by atoms with Crippen molar-refractivity contribution in [3.8, 4) is 5.75 Å². The van der Waals surface area contributed by atoms with Crippen molar-refractivity contribution in [2.45, 2.75) is 18.9 Å². The molecule has 1 heterocycles. The van der Waals surface area contributed by atoms with E-state index in [2.05, 4.69) is 15.9 Å². The van der Waals surface area contributed by atoms with Gasteiger partial charge in [-0.2, -0.15) is 0 Å². The number of halogens is 1. The van der Waals surface area contributed by atoms with Crippen molar-refractivity contribution in [2.24, 2.45) is 5.92 Å². The number of benzene rings is 1. The molecule has 2 unspecified atom stereocenters. The maximum absolute atomic E-state index is 9.77. The van der Waals surface area contributed by atoms with E-state index in [4.69, 9.17) is 9.47 Å². The smallest absolute Gasteiger partial charge is 0.120 e. The number of rotatable bonds is 4. The SMILES string of the molecule is OC1CCOCC1CCOc1cccc(Br)c1. The molecular weight excluding hydrogens is 284 g/mol. The summed E-state index contributed by atoms with van der Waals surface area (Å²) in [6.45, 7) is 1.93. The molecule has 0 amide bonds. The molecule has 1 aromatic rings. The minimum atomic E-state index is -0.241. The highest BCUT2D eigenvalue weighted by molar-refractivity contribution is 9.10. The fourth-order valence-electron chi connectivity index (χ4n) is 1.95. The average Bonchev–Trinajstić information content (AvgIpc) is 2.32. The predicted octanol–water partition coefficient (Wildman–Crippen LogP) is 2.62. The van der Waals surface area contributed by atoms with Crippen LogP contribution < -0.4 is 4.74 Å². The number of aliphatic hydroxyl groups is 1. The molecule has 1 saturated heterocycles. The van der Waals surface area contributed by atoms with E-state index in [0.29, 0.717) is 19.8 Å². The summed E-state index contributed by atoms with van der Waals surface area (Å²) < 4.78 is 12.0. The van der Waals surface area contributed by atoms with E-state index in [0.717, 1.165) is 23.1 Å². The minimum Gasteiger partial charge on any atom is -0.494 e. The zero-order valence-electron chi connectivity index (χ0n) is 9.64. The fraction of sp³-hybridized carbons (Fsp3) is 0.538. The summed E-state index contributed by atoms with van der Waals surface area (Å²) in [6, 6.07) is 7.77. The van der Waals surface area contributed by atoms with E-state index in [1.54, 1.807) is 0 Å². The number of hydrogen-bond acceptors (Lipinski definition) is 3. The van der Waals surface area contributed by atoms with Gasteiger partial charge in [-0.3, -0.25) is 0 Å². The van der Waals surface area contributed by atoms with Crippen LogP contribution in [-0.2, 0) is 4.74 Å². The molecule has 4 heteroatoms. The fourth-order valence-corrected chi connectivity index (χ4v) is 2.32. The average molecular weight is 301 g/mol. The maximum Gasteiger partial charge on any atom is 0.120 e. The van der Waals surface area contributed by atoms with Crippen molar-refractivity contribution >= 4 is 15.9 Å². The van der Waals surface area contributed by atoms with Crippen LogP contribution in [0.25, 0.3) is 0 Å². The zero-order chi connectivity index (χ0) is 12.1. The van der Waals surface area contributed by atoms with Crippen LogP contribution in [0.2, 0.25) is 0 Å². The summed E-state index contributed by atoms with van der Waals surface area (Å²) in [5, 5.41) is 9.77. The highest BCUT2D eigenvalue weighted by atomic mass is 79.9. The molecular formula is C13H17BrO3. The molecule has 1 N–H and O–H groups in total. The Bertz CT molecular complexity index is 356. The minimum absolute atomic E-state index is 0.205. The largest absolute Gasteiger partial charge is 0.494 e. The molecule has 3 nitrogen and oxygen atoms in total. The Balaban J connectivity index is 1.75. The molecule has 1 aliphatic rings. The molecule has 1 aromatic carbocycles. The van der Waals surface area contributed by atoms with Gasteiger partial charge in [0.05, 0.1) is 19.3 Å². The molecule has 0 radical (unpaired) electrons. The zero-order valence-corrected chi connectivity index (χ0v) is 11.2. The van der Waals surface area contributed by atoms with E-state index in [9.17, 15) is 5.11 Å². The predicted molar refractivity (Wildman–Crippen MR) is 69.2 cm³/mol. The van der Waals surface area contributed by atoms with Crippen LogP contribution in [0.1, 0.15) is 12.8 Å². The van der Waals surface area contributed by atoms with Crippen molar-refractivity contribution in [2.75, 3.05) is 19.8 Å². The van der Waals surface area contributed by atoms with Gasteiger partial charge in [-0.05, 0) is 31.0 Å². The second-order valence-corrected chi connectivity index (χ2v) is 5.20. The van der Waals surface area contributed by atoms with E-state index in [-0.39, 0.29) is 12.0 Å².